The Balaban J connectivity index is 2.24. The summed E-state index contributed by atoms with van der Waals surface area (Å²) in [6.07, 6.45) is 3.76. The summed E-state index contributed by atoms with van der Waals surface area (Å²) in [5.74, 6) is -1.43. The van der Waals surface area contributed by atoms with E-state index in [1.807, 2.05) is 49.4 Å². The van der Waals surface area contributed by atoms with Gasteiger partial charge in [0.2, 0.25) is 5.91 Å². The SMILES string of the molecule is CCn1c(=CC(C#N)C(=O)NCCCO)sc(=CCNc2ccccc2)c1=O. The Bertz CT molecular complexity index is 989. The molecule has 0 fully saturated rings. The van der Waals surface area contributed by atoms with E-state index < -0.39 is 11.8 Å². The topological polar surface area (TPSA) is 107 Å². The summed E-state index contributed by atoms with van der Waals surface area (Å²) in [6, 6.07) is 11.6. The van der Waals surface area contributed by atoms with Crippen LogP contribution in [0, 0.1) is 17.2 Å². The molecule has 0 bridgehead atoms. The molecule has 28 heavy (non-hydrogen) atoms. The van der Waals surface area contributed by atoms with Crippen LogP contribution in [-0.2, 0) is 11.3 Å². The molecule has 0 aliphatic heterocycles. The molecule has 1 amide bonds. The number of thiazole rings is 1. The molecule has 2 aromatic rings. The monoisotopic (exact) mass is 400 g/mol. The number of aliphatic hydroxyl groups excluding tert-OH is 1. The third-order valence-corrected chi connectivity index (χ3v) is 5.11. The van der Waals surface area contributed by atoms with Crippen molar-refractivity contribution < 1.29 is 9.90 Å². The lowest BCUT2D eigenvalue weighted by Gasteiger charge is -2.05. The van der Waals surface area contributed by atoms with Crippen molar-refractivity contribution in [3.8, 4) is 6.07 Å². The molecule has 148 valence electrons. The molecule has 0 aliphatic carbocycles. The predicted molar refractivity (Wildman–Crippen MR) is 111 cm³/mol. The average Bonchev–Trinajstić information content (AvgIpc) is 3.01. The van der Waals surface area contributed by atoms with Crippen LogP contribution in [0.1, 0.15) is 13.3 Å². The fourth-order valence-electron chi connectivity index (χ4n) is 2.53. The largest absolute Gasteiger partial charge is 0.396 e. The molecule has 1 unspecified atom stereocenters. The standard InChI is InChI=1S/C20H24N4O3S/c1-2-24-18(13-15(14-21)19(26)23-10-6-12-25)28-17(20(24)27)9-11-22-16-7-4-3-5-8-16/h3-5,7-9,13,15,22,25H,2,6,10-12H2,1H3,(H,23,26). The van der Waals surface area contributed by atoms with E-state index in [1.165, 1.54) is 17.4 Å². The van der Waals surface area contributed by atoms with Gasteiger partial charge in [-0.05, 0) is 37.6 Å². The zero-order valence-corrected chi connectivity index (χ0v) is 16.5. The first-order chi connectivity index (χ1) is 13.6. The number of benzene rings is 1. The second kappa shape index (κ2) is 11.1. The molecule has 1 aromatic heterocycles. The maximum absolute atomic E-state index is 12.6. The van der Waals surface area contributed by atoms with Gasteiger partial charge >= 0.3 is 0 Å². The summed E-state index contributed by atoms with van der Waals surface area (Å²) in [4.78, 5) is 24.7. The van der Waals surface area contributed by atoms with E-state index in [0.717, 1.165) is 5.69 Å². The number of hydrogen-bond donors (Lipinski definition) is 3. The van der Waals surface area contributed by atoms with Gasteiger partial charge in [0, 0.05) is 31.9 Å². The zero-order valence-electron chi connectivity index (χ0n) is 15.7. The zero-order chi connectivity index (χ0) is 20.4. The number of rotatable bonds is 9. The van der Waals surface area contributed by atoms with E-state index in [9.17, 15) is 14.9 Å². The van der Waals surface area contributed by atoms with Gasteiger partial charge in [-0.2, -0.15) is 5.26 Å². The molecule has 1 heterocycles. The first kappa shape index (κ1) is 21.4. The molecular formula is C20H24N4O3S. The van der Waals surface area contributed by atoms with Crippen LogP contribution in [0.5, 0.6) is 0 Å². The van der Waals surface area contributed by atoms with Crippen LogP contribution in [0.3, 0.4) is 0 Å². The van der Waals surface area contributed by atoms with Crippen molar-refractivity contribution >= 4 is 35.1 Å². The van der Waals surface area contributed by atoms with Crippen LogP contribution in [-0.4, -0.2) is 35.3 Å². The lowest BCUT2D eigenvalue weighted by molar-refractivity contribution is -0.121. The summed E-state index contributed by atoms with van der Waals surface area (Å²) in [5.41, 5.74) is 0.827. The number of nitriles is 1. The van der Waals surface area contributed by atoms with Gasteiger partial charge in [-0.25, -0.2) is 0 Å². The number of carbonyl (C=O) groups is 1. The molecular weight excluding hydrogens is 376 g/mol. The Labute approximate surface area is 167 Å². The molecule has 0 aliphatic rings. The van der Waals surface area contributed by atoms with Crippen molar-refractivity contribution in [2.24, 2.45) is 5.92 Å². The highest BCUT2D eigenvalue weighted by atomic mass is 32.1. The van der Waals surface area contributed by atoms with Crippen LogP contribution < -0.4 is 25.4 Å². The Hall–Kier alpha value is -2.89. The summed E-state index contributed by atoms with van der Waals surface area (Å²) in [6.45, 7) is 3.06. The molecule has 0 saturated carbocycles. The smallest absolute Gasteiger partial charge is 0.268 e. The molecule has 0 radical (unpaired) electrons. The Morgan fingerprint density at radius 2 is 2.14 bits per heavy atom. The third kappa shape index (κ3) is 5.81. The molecule has 7 nitrogen and oxygen atoms in total. The lowest BCUT2D eigenvalue weighted by atomic mass is 10.1. The number of para-hydroxylation sites is 1. The van der Waals surface area contributed by atoms with Gasteiger partial charge < -0.3 is 15.7 Å². The van der Waals surface area contributed by atoms with E-state index in [-0.39, 0.29) is 12.2 Å². The first-order valence-corrected chi connectivity index (χ1v) is 9.91. The number of nitrogens with one attached hydrogen (secondary N) is 2. The van der Waals surface area contributed by atoms with Gasteiger partial charge in [0.25, 0.3) is 5.56 Å². The number of amides is 1. The first-order valence-electron chi connectivity index (χ1n) is 9.09. The number of nitrogens with zero attached hydrogens (tertiary/aromatic N) is 2. The highest BCUT2D eigenvalue weighted by Crippen LogP contribution is 2.03. The minimum absolute atomic E-state index is 0.0300. The van der Waals surface area contributed by atoms with Crippen molar-refractivity contribution in [3.63, 3.8) is 0 Å². The van der Waals surface area contributed by atoms with Crippen molar-refractivity contribution in [2.75, 3.05) is 25.0 Å². The highest BCUT2D eigenvalue weighted by Gasteiger charge is 2.15. The maximum Gasteiger partial charge on any atom is 0.268 e. The van der Waals surface area contributed by atoms with E-state index >= 15 is 0 Å². The summed E-state index contributed by atoms with van der Waals surface area (Å²) >= 11 is 1.26. The maximum atomic E-state index is 12.6. The van der Waals surface area contributed by atoms with E-state index in [4.69, 9.17) is 5.11 Å². The van der Waals surface area contributed by atoms with Gasteiger partial charge in [-0.1, -0.05) is 18.2 Å². The number of carbonyl (C=O) groups excluding carboxylic acids is 1. The van der Waals surface area contributed by atoms with Crippen molar-refractivity contribution in [2.45, 2.75) is 19.9 Å². The molecule has 2 rings (SSSR count). The Kier molecular flexibility index (Phi) is 8.46. The molecule has 3 N–H and O–H groups in total. The van der Waals surface area contributed by atoms with Crippen LogP contribution >= 0.6 is 11.3 Å². The third-order valence-electron chi connectivity index (χ3n) is 3.99. The van der Waals surface area contributed by atoms with E-state index in [2.05, 4.69) is 10.6 Å². The van der Waals surface area contributed by atoms with Crippen LogP contribution in [0.25, 0.3) is 12.2 Å². The van der Waals surface area contributed by atoms with Crippen LogP contribution in [0.2, 0.25) is 0 Å². The predicted octanol–water partition coefficient (Wildman–Crippen LogP) is 0.241. The molecule has 0 spiro atoms. The van der Waals surface area contributed by atoms with E-state index in [0.29, 0.717) is 35.3 Å². The molecule has 8 heteroatoms. The fraction of sp³-hybridized carbons (Fsp3) is 0.350. The van der Waals surface area contributed by atoms with E-state index in [1.54, 1.807) is 4.57 Å². The fourth-order valence-corrected chi connectivity index (χ4v) is 3.65. The van der Waals surface area contributed by atoms with Gasteiger partial charge in [-0.3, -0.25) is 14.2 Å². The lowest BCUT2D eigenvalue weighted by Crippen LogP contribution is -2.33. The molecule has 1 aromatic carbocycles. The molecule has 1 atom stereocenters. The summed E-state index contributed by atoms with van der Waals surface area (Å²) in [7, 11) is 0. The van der Waals surface area contributed by atoms with Gasteiger partial charge in [0.15, 0.2) is 0 Å². The van der Waals surface area contributed by atoms with Crippen LogP contribution in [0.15, 0.2) is 35.1 Å². The van der Waals surface area contributed by atoms with Crippen molar-refractivity contribution in [1.82, 2.24) is 9.88 Å². The second-order valence-corrected chi connectivity index (χ2v) is 7.01. The Morgan fingerprint density at radius 1 is 1.39 bits per heavy atom. The Morgan fingerprint density at radius 3 is 2.79 bits per heavy atom. The van der Waals surface area contributed by atoms with Crippen LogP contribution in [0.4, 0.5) is 5.69 Å². The second-order valence-electron chi connectivity index (χ2n) is 5.95. The summed E-state index contributed by atoms with van der Waals surface area (Å²) in [5, 5.41) is 24.0. The quantitative estimate of drug-likeness (QED) is 0.523. The van der Waals surface area contributed by atoms with Gasteiger partial charge in [0.1, 0.15) is 5.92 Å². The normalized spacial score (nSPS) is 13.2. The average molecular weight is 401 g/mol. The van der Waals surface area contributed by atoms with Gasteiger partial charge in [0.05, 0.1) is 15.3 Å². The van der Waals surface area contributed by atoms with Crippen molar-refractivity contribution in [1.29, 1.82) is 5.26 Å². The molecule has 0 saturated heterocycles. The summed E-state index contributed by atoms with van der Waals surface area (Å²) < 4.78 is 2.71. The number of hydrogen-bond acceptors (Lipinski definition) is 6. The van der Waals surface area contributed by atoms with Crippen molar-refractivity contribution in [3.05, 3.63) is 49.9 Å². The number of aromatic nitrogens is 1. The van der Waals surface area contributed by atoms with Gasteiger partial charge in [-0.15, -0.1) is 11.3 Å². The number of aliphatic hydroxyl groups is 1. The minimum atomic E-state index is -0.996. The number of anilines is 1. The minimum Gasteiger partial charge on any atom is -0.396 e. The highest BCUT2D eigenvalue weighted by molar-refractivity contribution is 7.07.